The van der Waals surface area contributed by atoms with Crippen molar-refractivity contribution in [3.05, 3.63) is 36.5 Å². The fourth-order valence-electron chi connectivity index (χ4n) is 1.69. The highest BCUT2D eigenvalue weighted by atomic mass is 16.5. The first kappa shape index (κ1) is 16.7. The fraction of sp³-hybridized carbons (Fsp3) is 0.562. The van der Waals surface area contributed by atoms with Crippen molar-refractivity contribution in [3.8, 4) is 0 Å². The van der Waals surface area contributed by atoms with Crippen LogP contribution in [0.1, 0.15) is 46.5 Å². The Morgan fingerprint density at radius 1 is 1.33 bits per heavy atom. The van der Waals surface area contributed by atoms with Crippen LogP contribution in [0, 0.1) is 5.92 Å². The Morgan fingerprint density at radius 2 is 2.00 bits per heavy atom. The summed E-state index contributed by atoms with van der Waals surface area (Å²) in [6.07, 6.45) is 8.13. The molecular weight excluding hydrogens is 224 g/mol. The first-order valence-corrected chi connectivity index (χ1v) is 6.52. The number of hydrogen-bond acceptors (Lipinski definition) is 2. The minimum Gasteiger partial charge on any atom is -0.466 e. The van der Waals surface area contributed by atoms with E-state index in [9.17, 15) is 4.79 Å². The molecule has 0 rings (SSSR count). The lowest BCUT2D eigenvalue weighted by molar-refractivity contribution is -0.140. The van der Waals surface area contributed by atoms with Crippen molar-refractivity contribution in [2.24, 2.45) is 5.92 Å². The van der Waals surface area contributed by atoms with Gasteiger partial charge in [-0.1, -0.05) is 29.9 Å². The molecule has 0 fully saturated rings. The highest BCUT2D eigenvalue weighted by Crippen LogP contribution is 2.21. The molecule has 2 heteroatoms. The van der Waals surface area contributed by atoms with E-state index in [2.05, 4.69) is 33.1 Å². The second-order valence-electron chi connectivity index (χ2n) is 4.79. The Labute approximate surface area is 111 Å². The summed E-state index contributed by atoms with van der Waals surface area (Å²) in [5, 5.41) is 0. The Morgan fingerprint density at radius 3 is 2.50 bits per heavy atom. The summed E-state index contributed by atoms with van der Waals surface area (Å²) in [7, 11) is 0. The monoisotopic (exact) mass is 250 g/mol. The van der Waals surface area contributed by atoms with Crippen molar-refractivity contribution >= 4 is 5.97 Å². The van der Waals surface area contributed by atoms with Gasteiger partial charge in [-0.2, -0.15) is 0 Å². The van der Waals surface area contributed by atoms with Gasteiger partial charge in [0.1, 0.15) is 0 Å². The van der Waals surface area contributed by atoms with E-state index in [0.717, 1.165) is 25.7 Å². The number of rotatable bonds is 9. The van der Waals surface area contributed by atoms with Gasteiger partial charge in [0.25, 0.3) is 0 Å². The molecule has 0 amide bonds. The Kier molecular flexibility index (Phi) is 8.99. The standard InChI is InChI=1S/C16H26O2/c1-6-7-8-16(13(2)3)10-9-14(4)11-12-18-15(5)17/h6,9,16H,1-2,7-8,10-12H2,3-5H3/b14-9+/t16-/m1/s1. The summed E-state index contributed by atoms with van der Waals surface area (Å²) < 4.78 is 4.92. The molecule has 0 aliphatic rings. The Bertz CT molecular complexity index is 313. The van der Waals surface area contributed by atoms with Crippen LogP contribution in [0.2, 0.25) is 0 Å². The normalized spacial score (nSPS) is 12.9. The molecule has 0 aromatic carbocycles. The molecule has 0 bridgehead atoms. The summed E-state index contributed by atoms with van der Waals surface area (Å²) in [5.74, 6) is 0.306. The molecule has 0 spiro atoms. The van der Waals surface area contributed by atoms with Crippen LogP contribution in [0.4, 0.5) is 0 Å². The van der Waals surface area contributed by atoms with E-state index in [1.807, 2.05) is 6.08 Å². The quantitative estimate of drug-likeness (QED) is 0.447. The molecule has 1 atom stereocenters. The maximum absolute atomic E-state index is 10.6. The van der Waals surface area contributed by atoms with Gasteiger partial charge in [-0.05, 0) is 39.0 Å². The number of allylic oxidation sites excluding steroid dienone is 3. The van der Waals surface area contributed by atoms with Gasteiger partial charge in [-0.25, -0.2) is 0 Å². The summed E-state index contributed by atoms with van der Waals surface area (Å²) in [4.78, 5) is 10.6. The molecule has 0 aromatic heterocycles. The van der Waals surface area contributed by atoms with Crippen molar-refractivity contribution in [3.63, 3.8) is 0 Å². The van der Waals surface area contributed by atoms with Gasteiger partial charge in [-0.3, -0.25) is 4.79 Å². The smallest absolute Gasteiger partial charge is 0.302 e. The van der Waals surface area contributed by atoms with E-state index in [1.54, 1.807) is 0 Å². The van der Waals surface area contributed by atoms with E-state index in [-0.39, 0.29) is 5.97 Å². The average molecular weight is 250 g/mol. The van der Waals surface area contributed by atoms with Crippen LogP contribution in [0.3, 0.4) is 0 Å². The minimum atomic E-state index is -0.214. The molecule has 0 radical (unpaired) electrons. The lowest BCUT2D eigenvalue weighted by Crippen LogP contribution is -2.02. The summed E-state index contributed by atoms with van der Waals surface area (Å²) in [5.41, 5.74) is 2.49. The molecule has 0 aromatic rings. The predicted molar refractivity (Wildman–Crippen MR) is 77.4 cm³/mol. The molecule has 0 aliphatic heterocycles. The minimum absolute atomic E-state index is 0.214. The molecule has 0 aliphatic carbocycles. The van der Waals surface area contributed by atoms with Crippen molar-refractivity contribution in [1.82, 2.24) is 0 Å². The molecule has 0 unspecified atom stereocenters. The number of esters is 1. The summed E-state index contributed by atoms with van der Waals surface area (Å²) in [6, 6.07) is 0. The van der Waals surface area contributed by atoms with E-state index in [0.29, 0.717) is 12.5 Å². The van der Waals surface area contributed by atoms with E-state index in [1.165, 1.54) is 18.1 Å². The third kappa shape index (κ3) is 8.80. The second kappa shape index (κ2) is 9.69. The maximum atomic E-state index is 10.6. The lowest BCUT2D eigenvalue weighted by atomic mass is 9.92. The maximum Gasteiger partial charge on any atom is 0.302 e. The number of ether oxygens (including phenoxy) is 1. The highest BCUT2D eigenvalue weighted by molar-refractivity contribution is 5.65. The highest BCUT2D eigenvalue weighted by Gasteiger charge is 2.07. The van der Waals surface area contributed by atoms with Crippen LogP contribution in [-0.4, -0.2) is 12.6 Å². The molecule has 2 nitrogen and oxygen atoms in total. The Hall–Kier alpha value is -1.31. The third-order valence-electron chi connectivity index (χ3n) is 2.97. The number of carbonyl (C=O) groups is 1. The lowest BCUT2D eigenvalue weighted by Gasteiger charge is -2.14. The van der Waals surface area contributed by atoms with Crippen LogP contribution in [0.5, 0.6) is 0 Å². The first-order valence-electron chi connectivity index (χ1n) is 6.52. The Balaban J connectivity index is 4.09. The molecule has 0 saturated heterocycles. The molecule has 0 heterocycles. The van der Waals surface area contributed by atoms with Gasteiger partial charge in [0, 0.05) is 13.3 Å². The molecular formula is C16H26O2. The number of hydrogen-bond donors (Lipinski definition) is 0. The third-order valence-corrected chi connectivity index (χ3v) is 2.97. The average Bonchev–Trinajstić information content (AvgIpc) is 2.28. The topological polar surface area (TPSA) is 26.3 Å². The van der Waals surface area contributed by atoms with E-state index >= 15 is 0 Å². The van der Waals surface area contributed by atoms with Crippen molar-refractivity contribution in [2.45, 2.75) is 46.5 Å². The van der Waals surface area contributed by atoms with Gasteiger partial charge in [-0.15, -0.1) is 6.58 Å². The van der Waals surface area contributed by atoms with Crippen molar-refractivity contribution < 1.29 is 9.53 Å². The van der Waals surface area contributed by atoms with Gasteiger partial charge in [0.05, 0.1) is 6.61 Å². The molecule has 18 heavy (non-hydrogen) atoms. The largest absolute Gasteiger partial charge is 0.466 e. The van der Waals surface area contributed by atoms with Crippen LogP contribution in [0.15, 0.2) is 36.5 Å². The SMILES string of the molecule is C=CCC[C@H](C/C=C(\C)CCOC(C)=O)C(=C)C. The van der Waals surface area contributed by atoms with Crippen LogP contribution >= 0.6 is 0 Å². The van der Waals surface area contributed by atoms with Gasteiger partial charge >= 0.3 is 5.97 Å². The van der Waals surface area contributed by atoms with Gasteiger partial charge in [0.15, 0.2) is 0 Å². The summed E-state index contributed by atoms with van der Waals surface area (Å²) >= 11 is 0. The van der Waals surface area contributed by atoms with Crippen molar-refractivity contribution in [2.75, 3.05) is 6.61 Å². The number of carbonyl (C=O) groups excluding carboxylic acids is 1. The first-order chi connectivity index (χ1) is 8.47. The van der Waals surface area contributed by atoms with Crippen LogP contribution < -0.4 is 0 Å². The second-order valence-corrected chi connectivity index (χ2v) is 4.79. The summed E-state index contributed by atoms with van der Waals surface area (Å²) in [6.45, 7) is 13.9. The van der Waals surface area contributed by atoms with Gasteiger partial charge < -0.3 is 4.74 Å². The van der Waals surface area contributed by atoms with E-state index < -0.39 is 0 Å². The fourth-order valence-corrected chi connectivity index (χ4v) is 1.69. The van der Waals surface area contributed by atoms with Crippen molar-refractivity contribution in [1.29, 1.82) is 0 Å². The van der Waals surface area contributed by atoms with Crippen LogP contribution in [0.25, 0.3) is 0 Å². The van der Waals surface area contributed by atoms with Crippen LogP contribution in [-0.2, 0) is 9.53 Å². The molecule has 0 N–H and O–H groups in total. The zero-order valence-corrected chi connectivity index (χ0v) is 12.0. The van der Waals surface area contributed by atoms with Gasteiger partial charge in [0.2, 0.25) is 0 Å². The zero-order chi connectivity index (χ0) is 14.0. The molecule has 102 valence electrons. The van der Waals surface area contributed by atoms with E-state index in [4.69, 9.17) is 4.74 Å². The zero-order valence-electron chi connectivity index (χ0n) is 12.0. The predicted octanol–water partition coefficient (Wildman–Crippen LogP) is 4.43. The molecule has 0 saturated carbocycles.